The van der Waals surface area contributed by atoms with Crippen LogP contribution in [0.2, 0.25) is 0 Å². The summed E-state index contributed by atoms with van der Waals surface area (Å²) in [6.45, 7) is 9.40. The van der Waals surface area contributed by atoms with Crippen molar-refractivity contribution >= 4 is 0 Å². The third-order valence-electron chi connectivity index (χ3n) is 4.07. The normalized spacial score (nSPS) is 27.5. The number of allylic oxidation sites excluding steroid dienone is 2. The average Bonchev–Trinajstić information content (AvgIpc) is 2.39. The molecule has 1 aliphatic carbocycles. The summed E-state index contributed by atoms with van der Waals surface area (Å²) in [4.78, 5) is 0. The molecule has 0 bridgehead atoms. The minimum Gasteiger partial charge on any atom is -0.396 e. The summed E-state index contributed by atoms with van der Waals surface area (Å²) in [5.41, 5.74) is 1.92. The summed E-state index contributed by atoms with van der Waals surface area (Å²) >= 11 is 0. The molecule has 0 amide bonds. The maximum absolute atomic E-state index is 8.98. The van der Waals surface area contributed by atoms with Gasteiger partial charge < -0.3 is 5.11 Å². The Bertz CT molecular complexity index is 215. The second-order valence-corrected chi connectivity index (χ2v) is 5.41. The van der Waals surface area contributed by atoms with E-state index in [1.807, 2.05) is 0 Å². The maximum Gasteiger partial charge on any atom is 0.0456 e. The van der Waals surface area contributed by atoms with E-state index in [-0.39, 0.29) is 0 Å². The Morgan fingerprint density at radius 1 is 1.57 bits per heavy atom. The van der Waals surface area contributed by atoms with Crippen LogP contribution in [0.25, 0.3) is 0 Å². The second kappa shape index (κ2) is 4.48. The molecular weight excluding hydrogens is 172 g/mol. The van der Waals surface area contributed by atoms with E-state index in [2.05, 4.69) is 33.8 Å². The van der Waals surface area contributed by atoms with Crippen molar-refractivity contribution in [3.63, 3.8) is 0 Å². The summed E-state index contributed by atoms with van der Waals surface area (Å²) in [7, 11) is 0. The first kappa shape index (κ1) is 11.8. The van der Waals surface area contributed by atoms with E-state index in [0.29, 0.717) is 17.9 Å². The third kappa shape index (κ3) is 2.38. The van der Waals surface area contributed by atoms with Gasteiger partial charge in [-0.15, -0.1) is 0 Å². The van der Waals surface area contributed by atoms with Crippen LogP contribution >= 0.6 is 0 Å². The van der Waals surface area contributed by atoms with Crippen LogP contribution in [0.1, 0.15) is 47.0 Å². The molecule has 1 N–H and O–H groups in total. The van der Waals surface area contributed by atoms with E-state index < -0.39 is 0 Å². The maximum atomic E-state index is 8.98. The first-order valence-corrected chi connectivity index (χ1v) is 5.76. The number of rotatable bonds is 4. The molecule has 0 heterocycles. The van der Waals surface area contributed by atoms with Crippen LogP contribution in [0.3, 0.4) is 0 Å². The van der Waals surface area contributed by atoms with Gasteiger partial charge in [0.2, 0.25) is 0 Å². The van der Waals surface area contributed by atoms with Gasteiger partial charge in [-0.1, -0.05) is 32.4 Å². The fourth-order valence-corrected chi connectivity index (χ4v) is 2.25. The predicted molar refractivity (Wildman–Crippen MR) is 61.1 cm³/mol. The fourth-order valence-electron chi connectivity index (χ4n) is 2.25. The lowest BCUT2D eigenvalue weighted by molar-refractivity contribution is 0.202. The Morgan fingerprint density at radius 3 is 2.64 bits per heavy atom. The second-order valence-electron chi connectivity index (χ2n) is 5.41. The highest BCUT2D eigenvalue weighted by Gasteiger charge is 2.34. The molecule has 82 valence electrons. The SMILES string of the molecule is CC1=CC[C@H](CCC(C)CO)C1(C)C. The van der Waals surface area contributed by atoms with Crippen molar-refractivity contribution < 1.29 is 5.11 Å². The van der Waals surface area contributed by atoms with Crippen molar-refractivity contribution in [2.75, 3.05) is 6.61 Å². The van der Waals surface area contributed by atoms with Gasteiger partial charge >= 0.3 is 0 Å². The topological polar surface area (TPSA) is 20.2 Å². The molecule has 0 aliphatic heterocycles. The van der Waals surface area contributed by atoms with Gasteiger partial charge in [-0.3, -0.25) is 0 Å². The Morgan fingerprint density at radius 2 is 2.21 bits per heavy atom. The van der Waals surface area contributed by atoms with Crippen molar-refractivity contribution in [3.8, 4) is 0 Å². The molecule has 0 radical (unpaired) electrons. The van der Waals surface area contributed by atoms with Crippen molar-refractivity contribution in [2.24, 2.45) is 17.3 Å². The molecule has 0 aromatic heterocycles. The molecule has 0 aromatic carbocycles. The molecular formula is C13H24O. The van der Waals surface area contributed by atoms with Gasteiger partial charge in [-0.25, -0.2) is 0 Å². The van der Waals surface area contributed by atoms with E-state index in [1.54, 1.807) is 5.57 Å². The number of aliphatic hydroxyl groups excluding tert-OH is 1. The highest BCUT2D eigenvalue weighted by atomic mass is 16.3. The summed E-state index contributed by atoms with van der Waals surface area (Å²) in [6.07, 6.45) is 6.03. The molecule has 2 atom stereocenters. The zero-order valence-corrected chi connectivity index (χ0v) is 10.0. The van der Waals surface area contributed by atoms with Gasteiger partial charge in [0.15, 0.2) is 0 Å². The number of hydrogen-bond acceptors (Lipinski definition) is 1. The molecule has 0 saturated carbocycles. The van der Waals surface area contributed by atoms with Crippen LogP contribution in [0.15, 0.2) is 11.6 Å². The Labute approximate surface area is 88.2 Å². The molecule has 0 saturated heterocycles. The Hall–Kier alpha value is -0.300. The summed E-state index contributed by atoms with van der Waals surface area (Å²) in [5, 5.41) is 8.98. The van der Waals surface area contributed by atoms with Crippen molar-refractivity contribution in [2.45, 2.75) is 47.0 Å². The van der Waals surface area contributed by atoms with E-state index in [9.17, 15) is 0 Å². The first-order chi connectivity index (χ1) is 6.48. The lowest BCUT2D eigenvalue weighted by Gasteiger charge is -2.30. The Balaban J connectivity index is 2.41. The highest BCUT2D eigenvalue weighted by Crippen LogP contribution is 2.45. The van der Waals surface area contributed by atoms with Crippen LogP contribution in [0.5, 0.6) is 0 Å². The van der Waals surface area contributed by atoms with E-state index in [1.165, 1.54) is 12.8 Å². The van der Waals surface area contributed by atoms with Crippen molar-refractivity contribution in [3.05, 3.63) is 11.6 Å². The highest BCUT2D eigenvalue weighted by molar-refractivity contribution is 5.18. The third-order valence-corrected chi connectivity index (χ3v) is 4.07. The van der Waals surface area contributed by atoms with Gasteiger partial charge in [0.25, 0.3) is 0 Å². The van der Waals surface area contributed by atoms with Crippen LogP contribution < -0.4 is 0 Å². The summed E-state index contributed by atoms with van der Waals surface area (Å²) in [6, 6.07) is 0. The van der Waals surface area contributed by atoms with Crippen LogP contribution in [0.4, 0.5) is 0 Å². The number of hydrogen-bond donors (Lipinski definition) is 1. The minimum absolute atomic E-state index is 0.333. The largest absolute Gasteiger partial charge is 0.396 e. The minimum atomic E-state index is 0.333. The quantitative estimate of drug-likeness (QED) is 0.683. The van der Waals surface area contributed by atoms with Gasteiger partial charge in [-0.05, 0) is 43.4 Å². The zero-order chi connectivity index (χ0) is 10.8. The van der Waals surface area contributed by atoms with E-state index in [0.717, 1.165) is 12.3 Å². The predicted octanol–water partition coefficient (Wildman–Crippen LogP) is 3.39. The first-order valence-electron chi connectivity index (χ1n) is 5.76. The smallest absolute Gasteiger partial charge is 0.0456 e. The monoisotopic (exact) mass is 196 g/mol. The molecule has 1 heteroatoms. The standard InChI is InChI=1S/C13H24O/c1-10(9-14)5-7-12-8-6-11(2)13(12,3)4/h6,10,12,14H,5,7-9H2,1-4H3/t10?,12-/m0/s1. The molecule has 1 nitrogen and oxygen atoms in total. The molecule has 14 heavy (non-hydrogen) atoms. The van der Waals surface area contributed by atoms with Gasteiger partial charge in [0.1, 0.15) is 0 Å². The van der Waals surface area contributed by atoms with Crippen LogP contribution in [-0.4, -0.2) is 11.7 Å². The molecule has 1 rings (SSSR count). The summed E-state index contributed by atoms with van der Waals surface area (Å²) < 4.78 is 0. The lowest BCUT2D eigenvalue weighted by atomic mass is 9.75. The van der Waals surface area contributed by atoms with Crippen LogP contribution in [0, 0.1) is 17.3 Å². The molecule has 1 aliphatic rings. The van der Waals surface area contributed by atoms with E-state index in [4.69, 9.17) is 5.11 Å². The Kier molecular flexibility index (Phi) is 3.77. The molecule has 1 unspecified atom stereocenters. The van der Waals surface area contributed by atoms with Crippen molar-refractivity contribution in [1.82, 2.24) is 0 Å². The van der Waals surface area contributed by atoms with Gasteiger partial charge in [0.05, 0.1) is 0 Å². The van der Waals surface area contributed by atoms with E-state index >= 15 is 0 Å². The van der Waals surface area contributed by atoms with Gasteiger partial charge in [0, 0.05) is 6.61 Å². The summed E-state index contributed by atoms with van der Waals surface area (Å²) in [5.74, 6) is 1.25. The van der Waals surface area contributed by atoms with Crippen molar-refractivity contribution in [1.29, 1.82) is 0 Å². The van der Waals surface area contributed by atoms with Gasteiger partial charge in [-0.2, -0.15) is 0 Å². The average molecular weight is 196 g/mol. The molecule has 0 fully saturated rings. The zero-order valence-electron chi connectivity index (χ0n) is 10.0. The molecule has 0 aromatic rings. The number of aliphatic hydroxyl groups is 1. The fraction of sp³-hybridized carbons (Fsp3) is 0.846. The lowest BCUT2D eigenvalue weighted by Crippen LogP contribution is -2.21. The molecule has 0 spiro atoms. The van der Waals surface area contributed by atoms with Crippen LogP contribution in [-0.2, 0) is 0 Å².